The van der Waals surface area contributed by atoms with E-state index in [1.165, 1.54) is 0 Å². The molecule has 1 rings (SSSR count). The molecule has 1 fully saturated rings. The van der Waals surface area contributed by atoms with E-state index in [1.807, 2.05) is 0 Å². The van der Waals surface area contributed by atoms with Crippen LogP contribution in [0, 0.1) is 5.92 Å². The molecule has 0 saturated carbocycles. The summed E-state index contributed by atoms with van der Waals surface area (Å²) in [6, 6.07) is 0. The van der Waals surface area contributed by atoms with Crippen molar-refractivity contribution >= 4 is 15.8 Å². The first kappa shape index (κ1) is 9.44. The Kier molecular flexibility index (Phi) is 2.36. The SMILES string of the molecule is O=C(O)C1CCS(=O)(=O)CC1F. The van der Waals surface area contributed by atoms with Gasteiger partial charge >= 0.3 is 5.97 Å². The van der Waals surface area contributed by atoms with Gasteiger partial charge in [-0.05, 0) is 6.42 Å². The van der Waals surface area contributed by atoms with Gasteiger partial charge in [0.25, 0.3) is 0 Å². The van der Waals surface area contributed by atoms with Crippen LogP contribution >= 0.6 is 0 Å². The van der Waals surface area contributed by atoms with Crippen LogP contribution in [0.4, 0.5) is 4.39 Å². The maximum Gasteiger partial charge on any atom is 0.309 e. The van der Waals surface area contributed by atoms with Gasteiger partial charge < -0.3 is 5.11 Å². The van der Waals surface area contributed by atoms with E-state index in [0.29, 0.717) is 0 Å². The van der Waals surface area contributed by atoms with Gasteiger partial charge in [0, 0.05) is 0 Å². The van der Waals surface area contributed by atoms with Gasteiger partial charge in [0.05, 0.1) is 17.4 Å². The number of carbonyl (C=O) groups is 1. The molecule has 0 aromatic heterocycles. The van der Waals surface area contributed by atoms with Gasteiger partial charge in [0.2, 0.25) is 0 Å². The van der Waals surface area contributed by atoms with E-state index in [9.17, 15) is 17.6 Å². The molecule has 1 saturated heterocycles. The number of carboxylic acid groups (broad SMARTS) is 1. The highest BCUT2D eigenvalue weighted by Crippen LogP contribution is 2.22. The molecule has 6 heteroatoms. The summed E-state index contributed by atoms with van der Waals surface area (Å²) < 4.78 is 34.4. The van der Waals surface area contributed by atoms with Crippen molar-refractivity contribution < 1.29 is 22.7 Å². The highest BCUT2D eigenvalue weighted by atomic mass is 32.2. The molecule has 1 heterocycles. The Morgan fingerprint density at radius 2 is 2.08 bits per heavy atom. The lowest BCUT2D eigenvalue weighted by molar-refractivity contribution is -0.143. The number of aliphatic carboxylic acids is 1. The zero-order valence-electron chi connectivity index (χ0n) is 6.23. The van der Waals surface area contributed by atoms with Crippen LogP contribution in [-0.4, -0.2) is 37.2 Å². The minimum absolute atomic E-state index is 0.112. The zero-order valence-corrected chi connectivity index (χ0v) is 7.05. The summed E-state index contributed by atoms with van der Waals surface area (Å²) in [6.07, 6.45) is -1.86. The van der Waals surface area contributed by atoms with Gasteiger partial charge in [-0.3, -0.25) is 4.79 Å². The summed E-state index contributed by atoms with van der Waals surface area (Å²) in [6.45, 7) is 0. The molecule has 2 unspecified atom stereocenters. The Labute approximate surface area is 69.3 Å². The van der Waals surface area contributed by atoms with Gasteiger partial charge in [0.1, 0.15) is 6.17 Å². The van der Waals surface area contributed by atoms with Crippen molar-refractivity contribution in [3.05, 3.63) is 0 Å². The van der Waals surface area contributed by atoms with E-state index in [2.05, 4.69) is 0 Å². The Morgan fingerprint density at radius 1 is 1.50 bits per heavy atom. The van der Waals surface area contributed by atoms with E-state index in [0.717, 1.165) is 0 Å². The average Bonchev–Trinajstić information content (AvgIpc) is 1.83. The van der Waals surface area contributed by atoms with E-state index in [4.69, 9.17) is 5.11 Å². The smallest absolute Gasteiger partial charge is 0.309 e. The fourth-order valence-electron chi connectivity index (χ4n) is 1.21. The average molecular weight is 196 g/mol. The van der Waals surface area contributed by atoms with Crippen LogP contribution in [-0.2, 0) is 14.6 Å². The molecule has 0 amide bonds. The lowest BCUT2D eigenvalue weighted by Crippen LogP contribution is -2.38. The second-order valence-corrected chi connectivity index (χ2v) is 5.09. The summed E-state index contributed by atoms with van der Waals surface area (Å²) in [7, 11) is -3.34. The number of hydrogen-bond donors (Lipinski definition) is 1. The van der Waals surface area contributed by atoms with Crippen LogP contribution in [0.1, 0.15) is 6.42 Å². The molecule has 1 N–H and O–H groups in total. The van der Waals surface area contributed by atoms with Crippen molar-refractivity contribution in [2.75, 3.05) is 11.5 Å². The molecular formula is C6H9FO4S. The minimum Gasteiger partial charge on any atom is -0.481 e. The lowest BCUT2D eigenvalue weighted by atomic mass is 10.0. The number of alkyl halides is 1. The van der Waals surface area contributed by atoms with Crippen molar-refractivity contribution in [2.45, 2.75) is 12.6 Å². The van der Waals surface area contributed by atoms with E-state index >= 15 is 0 Å². The Bertz CT molecular complexity index is 284. The van der Waals surface area contributed by atoms with Gasteiger partial charge in [-0.25, -0.2) is 12.8 Å². The van der Waals surface area contributed by atoms with Crippen LogP contribution in [0.3, 0.4) is 0 Å². The quantitative estimate of drug-likeness (QED) is 0.632. The summed E-state index contributed by atoms with van der Waals surface area (Å²) in [5, 5.41) is 8.44. The van der Waals surface area contributed by atoms with Crippen molar-refractivity contribution in [1.29, 1.82) is 0 Å². The first-order valence-electron chi connectivity index (χ1n) is 3.50. The number of rotatable bonds is 1. The first-order chi connectivity index (χ1) is 5.42. The van der Waals surface area contributed by atoms with Crippen LogP contribution in [0.5, 0.6) is 0 Å². The number of sulfone groups is 1. The Hall–Kier alpha value is -0.650. The molecule has 4 nitrogen and oxygen atoms in total. The summed E-state index contributed by atoms with van der Waals surface area (Å²) >= 11 is 0. The lowest BCUT2D eigenvalue weighted by Gasteiger charge is -2.21. The van der Waals surface area contributed by atoms with Gasteiger partial charge in [-0.1, -0.05) is 0 Å². The molecule has 2 atom stereocenters. The third-order valence-electron chi connectivity index (χ3n) is 1.91. The summed E-state index contributed by atoms with van der Waals surface area (Å²) in [5.41, 5.74) is 0. The molecule has 12 heavy (non-hydrogen) atoms. The molecule has 1 aliphatic heterocycles. The maximum absolute atomic E-state index is 12.8. The van der Waals surface area contributed by atoms with Crippen LogP contribution in [0.15, 0.2) is 0 Å². The third kappa shape index (κ3) is 1.94. The molecule has 1 aliphatic rings. The molecule has 0 radical (unpaired) electrons. The molecular weight excluding hydrogens is 187 g/mol. The number of halogens is 1. The first-order valence-corrected chi connectivity index (χ1v) is 5.32. The fraction of sp³-hybridized carbons (Fsp3) is 0.833. The monoisotopic (exact) mass is 196 g/mol. The fourth-order valence-corrected chi connectivity index (χ4v) is 2.70. The predicted octanol–water partition coefficient (Wildman–Crippen LogP) is -0.156. The van der Waals surface area contributed by atoms with E-state index in [1.54, 1.807) is 0 Å². The minimum atomic E-state index is -3.34. The van der Waals surface area contributed by atoms with Crippen LogP contribution in [0.2, 0.25) is 0 Å². The number of hydrogen-bond acceptors (Lipinski definition) is 3. The second kappa shape index (κ2) is 3.01. The zero-order chi connectivity index (χ0) is 9.35. The second-order valence-electron chi connectivity index (χ2n) is 2.86. The molecule has 0 aromatic rings. The molecule has 0 aromatic carbocycles. The van der Waals surface area contributed by atoms with Gasteiger partial charge in [-0.2, -0.15) is 0 Å². The third-order valence-corrected chi connectivity index (χ3v) is 3.59. The molecule has 0 aliphatic carbocycles. The highest BCUT2D eigenvalue weighted by molar-refractivity contribution is 7.91. The van der Waals surface area contributed by atoms with Crippen molar-refractivity contribution in [3.63, 3.8) is 0 Å². The van der Waals surface area contributed by atoms with Crippen LogP contribution < -0.4 is 0 Å². The summed E-state index contributed by atoms with van der Waals surface area (Å²) in [5.74, 6) is -3.26. The van der Waals surface area contributed by atoms with E-state index in [-0.39, 0.29) is 12.2 Å². The van der Waals surface area contributed by atoms with Gasteiger partial charge in [-0.15, -0.1) is 0 Å². The van der Waals surface area contributed by atoms with Crippen LogP contribution in [0.25, 0.3) is 0 Å². The van der Waals surface area contributed by atoms with Crippen molar-refractivity contribution in [3.8, 4) is 0 Å². The van der Waals surface area contributed by atoms with Crippen molar-refractivity contribution in [1.82, 2.24) is 0 Å². The van der Waals surface area contributed by atoms with Crippen molar-refractivity contribution in [2.24, 2.45) is 5.92 Å². The largest absolute Gasteiger partial charge is 0.481 e. The topological polar surface area (TPSA) is 71.4 Å². The van der Waals surface area contributed by atoms with E-state index < -0.39 is 33.6 Å². The Morgan fingerprint density at radius 3 is 2.50 bits per heavy atom. The van der Waals surface area contributed by atoms with Gasteiger partial charge in [0.15, 0.2) is 9.84 Å². The molecule has 70 valence electrons. The standard InChI is InChI=1S/C6H9FO4S/c7-5-3-12(10,11)2-1-4(5)6(8)9/h4-5H,1-3H2,(H,8,9). The predicted molar refractivity (Wildman–Crippen MR) is 39.3 cm³/mol. The summed E-state index contributed by atoms with van der Waals surface area (Å²) in [4.78, 5) is 10.3. The highest BCUT2D eigenvalue weighted by Gasteiger charge is 2.37. The Balaban J connectivity index is 2.72. The molecule has 0 spiro atoms. The normalized spacial score (nSPS) is 34.4. The maximum atomic E-state index is 12.8. The molecule has 0 bridgehead atoms. The number of carboxylic acids is 1.